The molecule has 4 N–H and O–H groups in total. The lowest BCUT2D eigenvalue weighted by atomic mass is 9.83. The average molecular weight is 1010 g/mol. The first-order chi connectivity index (χ1) is 35.5. The molecule has 4 fully saturated rings. The van der Waals surface area contributed by atoms with Crippen LogP contribution in [0.1, 0.15) is 127 Å². The Labute approximate surface area is 426 Å². The summed E-state index contributed by atoms with van der Waals surface area (Å²) in [6, 6.07) is 9.96. The van der Waals surface area contributed by atoms with E-state index in [1.54, 1.807) is 78.1 Å². The molecule has 0 spiro atoms. The van der Waals surface area contributed by atoms with Gasteiger partial charge in [0.15, 0.2) is 11.5 Å². The van der Waals surface area contributed by atoms with E-state index in [2.05, 4.69) is 31.1 Å². The number of fused-ring (bicyclic) bond motifs is 1. The fourth-order valence-electron chi connectivity index (χ4n) is 10.2. The summed E-state index contributed by atoms with van der Waals surface area (Å²) in [5, 5.41) is 18.5. The molecular formula is C53H61FN12O6S. The number of nitrogens with one attached hydrogen (secondary N) is 4. The number of H-pyrrole nitrogens is 1. The molecule has 4 aliphatic rings. The number of imidazole rings is 1. The van der Waals surface area contributed by atoms with E-state index in [4.69, 9.17) is 14.7 Å². The van der Waals surface area contributed by atoms with Gasteiger partial charge in [-0.2, -0.15) is 5.10 Å². The summed E-state index contributed by atoms with van der Waals surface area (Å²) in [4.78, 5) is 87.2. The minimum Gasteiger partial charge on any atom is -0.494 e. The molecule has 2 saturated heterocycles. The number of ether oxygens (including phenoxy) is 1. The van der Waals surface area contributed by atoms with Gasteiger partial charge in [-0.1, -0.05) is 31.4 Å². The third-order valence-electron chi connectivity index (χ3n) is 14.7. The van der Waals surface area contributed by atoms with Crippen LogP contribution in [0.25, 0.3) is 16.9 Å². The van der Waals surface area contributed by atoms with Crippen LogP contribution < -0.4 is 20.7 Å². The Morgan fingerprint density at radius 1 is 0.904 bits per heavy atom. The molecule has 4 amide bonds. The predicted molar refractivity (Wildman–Crippen MR) is 272 cm³/mol. The van der Waals surface area contributed by atoms with Crippen molar-refractivity contribution in [3.63, 3.8) is 0 Å². The summed E-state index contributed by atoms with van der Waals surface area (Å²) >= 11 is 1.37. The van der Waals surface area contributed by atoms with Crippen molar-refractivity contribution in [1.29, 1.82) is 0 Å². The minimum absolute atomic E-state index is 0.0524. The van der Waals surface area contributed by atoms with Crippen molar-refractivity contribution in [2.45, 2.75) is 102 Å². The number of amides is 4. The molecule has 2 saturated carbocycles. The Hall–Kier alpha value is -7.06. The van der Waals surface area contributed by atoms with E-state index < -0.39 is 17.9 Å². The summed E-state index contributed by atoms with van der Waals surface area (Å²) in [6.45, 7) is 3.93. The zero-order valence-corrected chi connectivity index (χ0v) is 42.0. The highest BCUT2D eigenvalue weighted by molar-refractivity contribution is 7.10. The van der Waals surface area contributed by atoms with Gasteiger partial charge in [0.25, 0.3) is 5.91 Å². The van der Waals surface area contributed by atoms with Crippen molar-refractivity contribution in [1.82, 2.24) is 54.9 Å². The zero-order valence-electron chi connectivity index (χ0n) is 41.1. The largest absolute Gasteiger partial charge is 0.494 e. The van der Waals surface area contributed by atoms with E-state index in [1.807, 2.05) is 15.5 Å². The molecule has 0 unspecified atom stereocenters. The maximum absolute atomic E-state index is 15.7. The fourth-order valence-corrected chi connectivity index (χ4v) is 11.2. The second-order valence-corrected chi connectivity index (χ2v) is 20.5. The Balaban J connectivity index is 0.686. The first kappa shape index (κ1) is 49.5. The summed E-state index contributed by atoms with van der Waals surface area (Å²) in [6.07, 6.45) is 16.5. The van der Waals surface area contributed by atoms with Crippen molar-refractivity contribution in [2.24, 2.45) is 5.92 Å². The number of carbonyl (C=O) groups is 5. The van der Waals surface area contributed by atoms with E-state index in [-0.39, 0.29) is 65.7 Å². The number of hydrogen-bond donors (Lipinski definition) is 4. The number of thiazole rings is 1. The number of likely N-dealkylation sites (N-methyl/N-ethyl adjacent to an activating group) is 1. The monoisotopic (exact) mass is 1010 g/mol. The minimum atomic E-state index is -0.604. The first-order valence-corrected chi connectivity index (χ1v) is 26.4. The van der Waals surface area contributed by atoms with Crippen LogP contribution in [-0.2, 0) is 14.4 Å². The molecule has 18 nitrogen and oxygen atoms in total. The number of hydrogen-bond acceptors (Lipinski definition) is 13. The van der Waals surface area contributed by atoms with Crippen LogP contribution >= 0.6 is 11.3 Å². The van der Waals surface area contributed by atoms with Gasteiger partial charge in [-0.15, -0.1) is 11.3 Å². The van der Waals surface area contributed by atoms with E-state index in [0.717, 1.165) is 74.7 Å². The van der Waals surface area contributed by atoms with Gasteiger partial charge in [0.2, 0.25) is 23.5 Å². The molecule has 4 aromatic heterocycles. The smallest absolute Gasteiger partial charge is 0.254 e. The summed E-state index contributed by atoms with van der Waals surface area (Å²) in [5.41, 5.74) is 4.21. The van der Waals surface area contributed by atoms with Crippen LogP contribution in [-0.4, -0.2) is 132 Å². The molecule has 2 aliphatic heterocycles. The van der Waals surface area contributed by atoms with Gasteiger partial charge in [-0.05, 0) is 95.2 Å². The second kappa shape index (κ2) is 22.0. The molecule has 2 aliphatic carbocycles. The highest BCUT2D eigenvalue weighted by Crippen LogP contribution is 2.41. The molecule has 10 rings (SSSR count). The average Bonchev–Trinajstić information content (AvgIpc) is 3.86. The molecule has 6 aromatic rings. The quantitative estimate of drug-likeness (QED) is 0.0504. The van der Waals surface area contributed by atoms with Crippen LogP contribution in [0.2, 0.25) is 0 Å². The van der Waals surface area contributed by atoms with Crippen LogP contribution in [0.4, 0.5) is 15.9 Å². The van der Waals surface area contributed by atoms with Gasteiger partial charge >= 0.3 is 0 Å². The molecule has 6 heterocycles. The van der Waals surface area contributed by atoms with Gasteiger partial charge in [-0.25, -0.2) is 19.3 Å². The Morgan fingerprint density at radius 3 is 2.47 bits per heavy atom. The summed E-state index contributed by atoms with van der Waals surface area (Å²) < 4.78 is 23.6. The van der Waals surface area contributed by atoms with Gasteiger partial charge in [-0.3, -0.25) is 33.5 Å². The topological polar surface area (TPSA) is 212 Å². The fraction of sp³-hybridized carbons (Fsp3) is 0.453. The summed E-state index contributed by atoms with van der Waals surface area (Å²) in [5.74, 6) is -0.181. The van der Waals surface area contributed by atoms with Crippen molar-refractivity contribution in [3.8, 4) is 17.0 Å². The molecule has 0 radical (unpaired) electrons. The van der Waals surface area contributed by atoms with Gasteiger partial charge in [0.1, 0.15) is 28.3 Å². The molecule has 0 bridgehead atoms. The van der Waals surface area contributed by atoms with Crippen LogP contribution in [0.3, 0.4) is 0 Å². The number of halogens is 1. The van der Waals surface area contributed by atoms with Gasteiger partial charge in [0.05, 0.1) is 48.2 Å². The van der Waals surface area contributed by atoms with E-state index in [1.165, 1.54) is 23.5 Å². The lowest BCUT2D eigenvalue weighted by Gasteiger charge is -2.35. The van der Waals surface area contributed by atoms with E-state index >= 15 is 4.39 Å². The Kier molecular flexibility index (Phi) is 14.9. The molecule has 382 valence electrons. The van der Waals surface area contributed by atoms with E-state index in [0.29, 0.717) is 78.5 Å². The molecule has 2 aromatic carbocycles. The number of piperazine rings is 1. The number of likely N-dealkylation sites (tertiary alicyclic amines) is 1. The lowest BCUT2D eigenvalue weighted by molar-refractivity contribution is -0.139. The highest BCUT2D eigenvalue weighted by Gasteiger charge is 2.40. The number of aromatic nitrogens is 6. The summed E-state index contributed by atoms with van der Waals surface area (Å²) in [7, 11) is 1.73. The van der Waals surface area contributed by atoms with Crippen LogP contribution in [0, 0.1) is 11.7 Å². The number of anilines is 2. The molecule has 3 atom stereocenters. The third kappa shape index (κ3) is 11.0. The molecule has 73 heavy (non-hydrogen) atoms. The first-order valence-electron chi connectivity index (χ1n) is 25.5. The predicted octanol–water partition coefficient (Wildman–Crippen LogP) is 7.05. The number of rotatable bonds is 18. The van der Waals surface area contributed by atoms with E-state index in [9.17, 15) is 24.0 Å². The van der Waals surface area contributed by atoms with Crippen molar-refractivity contribution >= 4 is 57.9 Å². The van der Waals surface area contributed by atoms with Crippen LogP contribution in [0.5, 0.6) is 5.75 Å². The molecular weight excluding hydrogens is 952 g/mol. The Morgan fingerprint density at radius 2 is 1.71 bits per heavy atom. The SMILES string of the molecule is CN[C@@H](C)C(=O)N[C@H](C(=O)N1CCC[C@H]1c1nc(C(=O)c2cccc(OCCCC(=O)N3CCN(C(=O)c4ccc(Nc5nc(C6CC6)cn6c(-c7cn[nH]c7)cnc56)c(F)c4)CC3)c2)cs1)C1CCCCC1. The number of nitrogens with zero attached hydrogens (tertiary/aromatic N) is 8. The van der Waals surface area contributed by atoms with Gasteiger partial charge in [0, 0.05) is 79.5 Å². The number of benzene rings is 2. The molecule has 20 heteroatoms. The van der Waals surface area contributed by atoms with Crippen molar-refractivity contribution in [3.05, 3.63) is 106 Å². The number of carbonyl (C=O) groups excluding carboxylic acids is 5. The maximum atomic E-state index is 15.7. The second-order valence-electron chi connectivity index (χ2n) is 19.6. The number of aromatic amines is 1. The standard InChI is InChI=1S/C53H61FN12O6S/c1-32(55-2)50(69)62-46(34-9-4-3-5-10-34)53(71)65-19-7-13-43(65)51-61-42(31-73-51)47(68)35-11-6-12-38(25-35)72-24-8-14-45(67)63-20-22-64(23-21-63)52(70)36-17-18-40(39(54)26-36)59-48-49-56-29-44(37-27-57-58-28-37)66(49)30-41(60-48)33-15-16-33/h6,11-12,17-18,25-34,43,46,55H,3-5,7-10,13-16,19-24H2,1-2H3,(H,57,58)(H,59,60)(H,62,69)/t32-,43-,46-/m0/s1. The van der Waals surface area contributed by atoms with Gasteiger partial charge < -0.3 is 35.4 Å². The zero-order chi connectivity index (χ0) is 50.6. The lowest BCUT2D eigenvalue weighted by Crippen LogP contribution is -2.55. The highest BCUT2D eigenvalue weighted by atomic mass is 32.1. The van der Waals surface area contributed by atoms with Crippen molar-refractivity contribution < 1.29 is 33.1 Å². The normalized spacial score (nSPS) is 18.2. The Bertz CT molecular complexity index is 2980. The van der Waals surface area contributed by atoms with Crippen molar-refractivity contribution in [2.75, 3.05) is 51.7 Å². The van der Waals surface area contributed by atoms with Crippen LogP contribution in [0.15, 0.2) is 72.6 Å². The number of ketones is 1. The maximum Gasteiger partial charge on any atom is 0.254 e. The third-order valence-corrected chi connectivity index (χ3v) is 15.6.